The minimum Gasteiger partial charge on any atom is -0.373 e. The predicted molar refractivity (Wildman–Crippen MR) is 45.5 cm³/mol. The highest BCUT2D eigenvalue weighted by Crippen LogP contribution is 2.29. The standard InChI is InChI=1S/C10H18O/c1-2-4-9(5-3-1)6-7-10-8-11-10/h9-10H,1-8H2/t10-/m0/s1. The van der Waals surface area contributed by atoms with Crippen LogP contribution in [-0.2, 0) is 4.74 Å². The molecule has 0 aromatic heterocycles. The average molecular weight is 154 g/mol. The number of hydrogen-bond donors (Lipinski definition) is 0. The highest BCUT2D eigenvalue weighted by molar-refractivity contribution is 4.73. The molecule has 0 N–H and O–H groups in total. The maximum Gasteiger partial charge on any atom is 0.0810 e. The van der Waals surface area contributed by atoms with Crippen molar-refractivity contribution in [3.8, 4) is 0 Å². The van der Waals surface area contributed by atoms with E-state index in [-0.39, 0.29) is 0 Å². The minimum absolute atomic E-state index is 0.664. The average Bonchev–Trinajstić information content (AvgIpc) is 2.86. The van der Waals surface area contributed by atoms with E-state index in [4.69, 9.17) is 4.74 Å². The molecule has 1 heterocycles. The van der Waals surface area contributed by atoms with Gasteiger partial charge in [0.25, 0.3) is 0 Å². The lowest BCUT2D eigenvalue weighted by atomic mass is 9.86. The molecule has 64 valence electrons. The van der Waals surface area contributed by atoms with Crippen LogP contribution in [0, 0.1) is 5.92 Å². The van der Waals surface area contributed by atoms with Crippen LogP contribution in [0.2, 0.25) is 0 Å². The van der Waals surface area contributed by atoms with Crippen molar-refractivity contribution < 1.29 is 4.74 Å². The quantitative estimate of drug-likeness (QED) is 0.569. The smallest absolute Gasteiger partial charge is 0.0810 e. The first-order chi connectivity index (χ1) is 5.45. The van der Waals surface area contributed by atoms with Gasteiger partial charge in [-0.15, -0.1) is 0 Å². The van der Waals surface area contributed by atoms with E-state index in [1.165, 1.54) is 44.9 Å². The molecule has 0 unspecified atom stereocenters. The summed E-state index contributed by atoms with van der Waals surface area (Å²) in [5.41, 5.74) is 0. The van der Waals surface area contributed by atoms with Gasteiger partial charge in [-0.2, -0.15) is 0 Å². The van der Waals surface area contributed by atoms with E-state index in [0.29, 0.717) is 6.10 Å². The van der Waals surface area contributed by atoms with Crippen molar-refractivity contribution in [2.75, 3.05) is 6.61 Å². The van der Waals surface area contributed by atoms with Crippen LogP contribution in [0.5, 0.6) is 0 Å². The Kier molecular flexibility index (Phi) is 2.47. The van der Waals surface area contributed by atoms with E-state index in [0.717, 1.165) is 12.5 Å². The van der Waals surface area contributed by atoms with E-state index >= 15 is 0 Å². The molecule has 2 fully saturated rings. The molecule has 1 aliphatic heterocycles. The molecule has 0 amide bonds. The lowest BCUT2D eigenvalue weighted by Crippen LogP contribution is -2.06. The van der Waals surface area contributed by atoms with Crippen LogP contribution in [0.15, 0.2) is 0 Å². The highest BCUT2D eigenvalue weighted by atomic mass is 16.6. The maximum absolute atomic E-state index is 5.20. The lowest BCUT2D eigenvalue weighted by molar-refractivity contribution is 0.309. The van der Waals surface area contributed by atoms with Gasteiger partial charge in [-0.3, -0.25) is 0 Å². The predicted octanol–water partition coefficient (Wildman–Crippen LogP) is 2.75. The summed E-state index contributed by atoms with van der Waals surface area (Å²) in [6.45, 7) is 1.05. The van der Waals surface area contributed by atoms with Gasteiger partial charge in [0.2, 0.25) is 0 Å². The molecule has 0 bridgehead atoms. The third-order valence-corrected chi connectivity index (χ3v) is 3.02. The minimum atomic E-state index is 0.664. The van der Waals surface area contributed by atoms with Crippen LogP contribution in [0.25, 0.3) is 0 Å². The molecule has 2 rings (SSSR count). The van der Waals surface area contributed by atoms with Gasteiger partial charge in [0.1, 0.15) is 0 Å². The first-order valence-electron chi connectivity index (χ1n) is 5.07. The Balaban J connectivity index is 1.59. The van der Waals surface area contributed by atoms with Gasteiger partial charge >= 0.3 is 0 Å². The second-order valence-electron chi connectivity index (χ2n) is 4.04. The molecule has 11 heavy (non-hydrogen) atoms. The summed E-state index contributed by atoms with van der Waals surface area (Å²) in [7, 11) is 0. The van der Waals surface area contributed by atoms with Crippen molar-refractivity contribution in [2.45, 2.75) is 51.0 Å². The first-order valence-corrected chi connectivity index (χ1v) is 5.07. The molecule has 2 aliphatic rings. The molecule has 1 aliphatic carbocycles. The highest BCUT2D eigenvalue weighted by Gasteiger charge is 2.23. The Labute approximate surface area is 69.1 Å². The summed E-state index contributed by atoms with van der Waals surface area (Å²) < 4.78 is 5.20. The zero-order valence-corrected chi connectivity index (χ0v) is 7.22. The van der Waals surface area contributed by atoms with Crippen molar-refractivity contribution in [2.24, 2.45) is 5.92 Å². The Morgan fingerprint density at radius 3 is 2.36 bits per heavy atom. The van der Waals surface area contributed by atoms with Gasteiger partial charge in [0.05, 0.1) is 12.7 Å². The van der Waals surface area contributed by atoms with Crippen LogP contribution in [0.1, 0.15) is 44.9 Å². The topological polar surface area (TPSA) is 12.5 Å². The number of ether oxygens (including phenoxy) is 1. The zero-order valence-electron chi connectivity index (χ0n) is 7.22. The van der Waals surface area contributed by atoms with Crippen LogP contribution in [-0.4, -0.2) is 12.7 Å². The summed E-state index contributed by atoms with van der Waals surface area (Å²) in [4.78, 5) is 0. The fourth-order valence-corrected chi connectivity index (χ4v) is 2.13. The lowest BCUT2D eigenvalue weighted by Gasteiger charge is -2.20. The van der Waals surface area contributed by atoms with Crippen molar-refractivity contribution in [1.29, 1.82) is 0 Å². The van der Waals surface area contributed by atoms with E-state index in [9.17, 15) is 0 Å². The molecular formula is C10H18O. The fraction of sp³-hybridized carbons (Fsp3) is 1.00. The maximum atomic E-state index is 5.20. The van der Waals surface area contributed by atoms with E-state index < -0.39 is 0 Å². The molecule has 1 saturated carbocycles. The number of hydrogen-bond acceptors (Lipinski definition) is 1. The summed E-state index contributed by atoms with van der Waals surface area (Å²) in [5, 5.41) is 0. The van der Waals surface area contributed by atoms with E-state index in [1.54, 1.807) is 0 Å². The summed E-state index contributed by atoms with van der Waals surface area (Å²) in [5.74, 6) is 1.05. The number of epoxide rings is 1. The van der Waals surface area contributed by atoms with Crippen molar-refractivity contribution in [3.05, 3.63) is 0 Å². The molecule has 0 radical (unpaired) electrons. The summed E-state index contributed by atoms with van der Waals surface area (Å²) >= 11 is 0. The molecule has 1 nitrogen and oxygen atoms in total. The molecule has 1 heteroatoms. The van der Waals surface area contributed by atoms with Crippen LogP contribution < -0.4 is 0 Å². The fourth-order valence-electron chi connectivity index (χ4n) is 2.13. The molecule has 0 spiro atoms. The van der Waals surface area contributed by atoms with Crippen molar-refractivity contribution in [1.82, 2.24) is 0 Å². The number of rotatable bonds is 3. The third kappa shape index (κ3) is 2.48. The largest absolute Gasteiger partial charge is 0.373 e. The van der Waals surface area contributed by atoms with Gasteiger partial charge in [-0.25, -0.2) is 0 Å². The Bertz CT molecular complexity index is 112. The monoisotopic (exact) mass is 154 g/mol. The SMILES string of the molecule is C1CCC(CC[C@H]2CO2)CC1. The van der Waals surface area contributed by atoms with Gasteiger partial charge in [-0.1, -0.05) is 32.1 Å². The molecule has 1 saturated heterocycles. The summed E-state index contributed by atoms with van der Waals surface area (Å²) in [6, 6.07) is 0. The zero-order chi connectivity index (χ0) is 7.52. The van der Waals surface area contributed by atoms with Gasteiger partial charge in [0.15, 0.2) is 0 Å². The molecule has 0 aromatic rings. The third-order valence-electron chi connectivity index (χ3n) is 3.02. The van der Waals surface area contributed by atoms with Gasteiger partial charge < -0.3 is 4.74 Å². The second-order valence-corrected chi connectivity index (χ2v) is 4.04. The van der Waals surface area contributed by atoms with Crippen molar-refractivity contribution >= 4 is 0 Å². The molecule has 0 aromatic carbocycles. The van der Waals surface area contributed by atoms with E-state index in [1.807, 2.05) is 0 Å². The molecule has 1 atom stereocenters. The Morgan fingerprint density at radius 1 is 1.00 bits per heavy atom. The van der Waals surface area contributed by atoms with Crippen LogP contribution >= 0.6 is 0 Å². The second kappa shape index (κ2) is 3.57. The van der Waals surface area contributed by atoms with Gasteiger partial charge in [0, 0.05) is 0 Å². The van der Waals surface area contributed by atoms with Crippen molar-refractivity contribution in [3.63, 3.8) is 0 Å². The van der Waals surface area contributed by atoms with Crippen LogP contribution in [0.3, 0.4) is 0 Å². The summed E-state index contributed by atoms with van der Waals surface area (Å²) in [6.07, 6.45) is 10.9. The molecular weight excluding hydrogens is 136 g/mol. The normalized spacial score (nSPS) is 32.2. The Hall–Kier alpha value is -0.0400. The van der Waals surface area contributed by atoms with E-state index in [2.05, 4.69) is 0 Å². The first kappa shape index (κ1) is 7.60. The van der Waals surface area contributed by atoms with Crippen LogP contribution in [0.4, 0.5) is 0 Å². The van der Waals surface area contributed by atoms with Gasteiger partial charge in [-0.05, 0) is 18.8 Å². The Morgan fingerprint density at radius 2 is 1.73 bits per heavy atom.